The standard InChI is InChI=1S/C11H18N2O4S/c1-13-11(10(17-2)6-12-13)9(14)5-8-3-4-18(15,16)7-8/h6,8-9,14H,3-5,7H2,1-2H3. The summed E-state index contributed by atoms with van der Waals surface area (Å²) in [6, 6.07) is 0. The fraction of sp³-hybridized carbons (Fsp3) is 0.727. The molecule has 0 bridgehead atoms. The smallest absolute Gasteiger partial charge is 0.162 e. The molecule has 102 valence electrons. The predicted octanol–water partition coefficient (Wildman–Crippen LogP) is 0.287. The second-order valence-electron chi connectivity index (χ2n) is 4.74. The average Bonchev–Trinajstić information content (AvgIpc) is 2.81. The van der Waals surface area contributed by atoms with Crippen molar-refractivity contribution in [2.75, 3.05) is 18.6 Å². The van der Waals surface area contributed by atoms with Crippen molar-refractivity contribution in [1.29, 1.82) is 0 Å². The SMILES string of the molecule is COc1cnn(C)c1C(O)CC1CCS(=O)(=O)C1. The number of hydrogen-bond acceptors (Lipinski definition) is 5. The van der Waals surface area contributed by atoms with Crippen LogP contribution in [0.2, 0.25) is 0 Å². The lowest BCUT2D eigenvalue weighted by atomic mass is 9.99. The van der Waals surface area contributed by atoms with E-state index < -0.39 is 15.9 Å². The molecule has 2 heterocycles. The van der Waals surface area contributed by atoms with Gasteiger partial charge in [-0.2, -0.15) is 5.10 Å². The third-order valence-electron chi connectivity index (χ3n) is 3.37. The van der Waals surface area contributed by atoms with Gasteiger partial charge in [-0.1, -0.05) is 0 Å². The number of hydrogen-bond donors (Lipinski definition) is 1. The molecule has 0 spiro atoms. The first kappa shape index (κ1) is 13.4. The van der Waals surface area contributed by atoms with E-state index in [2.05, 4.69) is 5.10 Å². The molecule has 2 atom stereocenters. The first-order valence-corrected chi connectivity index (χ1v) is 7.69. The van der Waals surface area contributed by atoms with Crippen molar-refractivity contribution >= 4 is 9.84 Å². The first-order chi connectivity index (χ1) is 8.43. The minimum absolute atomic E-state index is 0.0182. The van der Waals surface area contributed by atoms with Gasteiger partial charge in [0.2, 0.25) is 0 Å². The van der Waals surface area contributed by atoms with Crippen molar-refractivity contribution in [2.45, 2.75) is 18.9 Å². The van der Waals surface area contributed by atoms with Crippen LogP contribution in [0.25, 0.3) is 0 Å². The van der Waals surface area contributed by atoms with Crippen LogP contribution in [0.5, 0.6) is 5.75 Å². The quantitative estimate of drug-likeness (QED) is 0.853. The molecule has 1 saturated heterocycles. The minimum atomic E-state index is -2.90. The highest BCUT2D eigenvalue weighted by atomic mass is 32.2. The molecule has 2 rings (SSSR count). The Morgan fingerprint density at radius 1 is 1.67 bits per heavy atom. The van der Waals surface area contributed by atoms with Crippen molar-refractivity contribution in [2.24, 2.45) is 13.0 Å². The maximum Gasteiger partial charge on any atom is 0.162 e. The Morgan fingerprint density at radius 2 is 2.39 bits per heavy atom. The van der Waals surface area contributed by atoms with Crippen LogP contribution in [-0.4, -0.2) is 41.9 Å². The van der Waals surface area contributed by atoms with Crippen molar-refractivity contribution in [3.8, 4) is 5.75 Å². The largest absolute Gasteiger partial charge is 0.493 e. The number of aliphatic hydroxyl groups excluding tert-OH is 1. The Hall–Kier alpha value is -1.08. The molecular formula is C11H18N2O4S. The molecule has 1 aliphatic heterocycles. The van der Waals surface area contributed by atoms with Gasteiger partial charge in [-0.05, 0) is 18.8 Å². The zero-order valence-corrected chi connectivity index (χ0v) is 11.4. The van der Waals surface area contributed by atoms with Crippen molar-refractivity contribution in [3.63, 3.8) is 0 Å². The molecule has 1 fully saturated rings. The number of aryl methyl sites for hydroxylation is 1. The van der Waals surface area contributed by atoms with Crippen LogP contribution in [0.15, 0.2) is 6.20 Å². The van der Waals surface area contributed by atoms with Crippen LogP contribution in [0.3, 0.4) is 0 Å². The third kappa shape index (κ3) is 2.67. The molecule has 0 amide bonds. The van der Waals surface area contributed by atoms with E-state index in [-0.39, 0.29) is 17.4 Å². The average molecular weight is 274 g/mol. The second-order valence-corrected chi connectivity index (χ2v) is 6.97. The van der Waals surface area contributed by atoms with Crippen molar-refractivity contribution < 1.29 is 18.3 Å². The number of sulfone groups is 1. The molecule has 1 aromatic heterocycles. The molecule has 0 saturated carbocycles. The van der Waals surface area contributed by atoms with Crippen LogP contribution in [0.1, 0.15) is 24.6 Å². The first-order valence-electron chi connectivity index (χ1n) is 5.87. The maximum absolute atomic E-state index is 11.4. The molecule has 1 aromatic rings. The van der Waals surface area contributed by atoms with E-state index in [1.165, 1.54) is 7.11 Å². The molecule has 7 heteroatoms. The molecule has 0 aromatic carbocycles. The van der Waals surface area contributed by atoms with Crippen molar-refractivity contribution in [1.82, 2.24) is 9.78 Å². The summed E-state index contributed by atoms with van der Waals surface area (Å²) in [6.45, 7) is 0. The van der Waals surface area contributed by atoms with Gasteiger partial charge in [0.25, 0.3) is 0 Å². The summed E-state index contributed by atoms with van der Waals surface area (Å²) in [7, 11) is 0.349. The van der Waals surface area contributed by atoms with E-state index in [1.54, 1.807) is 17.9 Å². The summed E-state index contributed by atoms with van der Waals surface area (Å²) >= 11 is 0. The van der Waals surface area contributed by atoms with Crippen LogP contribution in [-0.2, 0) is 16.9 Å². The Kier molecular flexibility index (Phi) is 3.63. The summed E-state index contributed by atoms with van der Waals surface area (Å²) in [5.41, 5.74) is 0.599. The zero-order chi connectivity index (χ0) is 13.3. The molecule has 2 unspecified atom stereocenters. The van der Waals surface area contributed by atoms with Gasteiger partial charge in [0.05, 0.1) is 30.9 Å². The minimum Gasteiger partial charge on any atom is -0.493 e. The lowest BCUT2D eigenvalue weighted by molar-refractivity contribution is 0.136. The third-order valence-corrected chi connectivity index (χ3v) is 5.21. The molecular weight excluding hydrogens is 256 g/mol. The van der Waals surface area contributed by atoms with Gasteiger partial charge < -0.3 is 9.84 Å². The monoisotopic (exact) mass is 274 g/mol. The Balaban J connectivity index is 2.08. The van der Waals surface area contributed by atoms with E-state index in [4.69, 9.17) is 4.74 Å². The van der Waals surface area contributed by atoms with Crippen LogP contribution < -0.4 is 4.74 Å². The topological polar surface area (TPSA) is 81.4 Å². The number of aliphatic hydroxyl groups is 1. The van der Waals surface area contributed by atoms with Gasteiger partial charge in [0, 0.05) is 7.05 Å². The van der Waals surface area contributed by atoms with Gasteiger partial charge in [-0.15, -0.1) is 0 Å². The number of rotatable bonds is 4. The molecule has 1 aliphatic rings. The molecule has 0 aliphatic carbocycles. The van der Waals surface area contributed by atoms with Gasteiger partial charge >= 0.3 is 0 Å². The number of ether oxygens (including phenoxy) is 1. The molecule has 1 N–H and O–H groups in total. The Bertz CT molecular complexity index is 523. The Morgan fingerprint density at radius 3 is 2.94 bits per heavy atom. The second kappa shape index (κ2) is 4.89. The van der Waals surface area contributed by atoms with Crippen LogP contribution >= 0.6 is 0 Å². The summed E-state index contributed by atoms with van der Waals surface area (Å²) in [5, 5.41) is 14.2. The lowest BCUT2D eigenvalue weighted by Gasteiger charge is -2.16. The van der Waals surface area contributed by atoms with Gasteiger partial charge in [0.1, 0.15) is 5.69 Å². The normalized spacial score (nSPS) is 24.1. The van der Waals surface area contributed by atoms with Gasteiger partial charge in [0.15, 0.2) is 15.6 Å². The number of methoxy groups -OCH3 is 1. The molecule has 6 nitrogen and oxygen atoms in total. The van der Waals surface area contributed by atoms with E-state index >= 15 is 0 Å². The van der Waals surface area contributed by atoms with Gasteiger partial charge in [-0.25, -0.2) is 8.42 Å². The highest BCUT2D eigenvalue weighted by molar-refractivity contribution is 7.91. The fourth-order valence-electron chi connectivity index (χ4n) is 2.45. The van der Waals surface area contributed by atoms with E-state index in [0.29, 0.717) is 24.3 Å². The highest BCUT2D eigenvalue weighted by Crippen LogP contribution is 2.32. The zero-order valence-electron chi connectivity index (χ0n) is 10.5. The van der Waals surface area contributed by atoms with E-state index in [1.807, 2.05) is 0 Å². The maximum atomic E-state index is 11.4. The number of aromatic nitrogens is 2. The summed E-state index contributed by atoms with van der Waals surface area (Å²) in [4.78, 5) is 0. The lowest BCUT2D eigenvalue weighted by Crippen LogP contribution is -2.13. The highest BCUT2D eigenvalue weighted by Gasteiger charge is 2.31. The Labute approximate surface area is 106 Å². The number of nitrogens with zero attached hydrogens (tertiary/aromatic N) is 2. The molecule has 18 heavy (non-hydrogen) atoms. The summed E-state index contributed by atoms with van der Waals surface area (Å²) < 4.78 is 29.4. The van der Waals surface area contributed by atoms with E-state index in [0.717, 1.165) is 0 Å². The fourth-order valence-corrected chi connectivity index (χ4v) is 4.33. The molecule has 0 radical (unpaired) electrons. The van der Waals surface area contributed by atoms with Crippen molar-refractivity contribution in [3.05, 3.63) is 11.9 Å². The van der Waals surface area contributed by atoms with Crippen LogP contribution in [0.4, 0.5) is 0 Å². The van der Waals surface area contributed by atoms with E-state index in [9.17, 15) is 13.5 Å². The predicted molar refractivity (Wildman–Crippen MR) is 66.1 cm³/mol. The van der Waals surface area contributed by atoms with Crippen LogP contribution in [0, 0.1) is 5.92 Å². The summed E-state index contributed by atoms with van der Waals surface area (Å²) in [6.07, 6.45) is 1.85. The summed E-state index contributed by atoms with van der Waals surface area (Å²) in [5.74, 6) is 0.951. The van der Waals surface area contributed by atoms with Gasteiger partial charge in [-0.3, -0.25) is 4.68 Å².